The van der Waals surface area contributed by atoms with E-state index in [9.17, 15) is 4.79 Å². The van der Waals surface area contributed by atoms with Crippen LogP contribution in [0.3, 0.4) is 0 Å². The molecule has 1 aliphatic carbocycles. The van der Waals surface area contributed by atoms with Crippen LogP contribution >= 0.6 is 0 Å². The van der Waals surface area contributed by atoms with Crippen molar-refractivity contribution in [1.82, 2.24) is 24.6 Å². The van der Waals surface area contributed by atoms with Crippen molar-refractivity contribution in [1.29, 1.82) is 0 Å². The molecule has 2 N–H and O–H groups in total. The van der Waals surface area contributed by atoms with Gasteiger partial charge in [-0.25, -0.2) is 9.78 Å². The van der Waals surface area contributed by atoms with Crippen LogP contribution in [0.15, 0.2) is 55.4 Å². The lowest BCUT2D eigenvalue weighted by Crippen LogP contribution is -2.28. The second-order valence-corrected chi connectivity index (χ2v) is 7.15. The van der Waals surface area contributed by atoms with E-state index in [1.165, 1.54) is 18.4 Å². The second kappa shape index (κ2) is 7.65. The maximum absolute atomic E-state index is 12.2. The zero-order chi connectivity index (χ0) is 18.6. The van der Waals surface area contributed by atoms with E-state index in [1.807, 2.05) is 33.8 Å². The molecule has 1 fully saturated rings. The zero-order valence-corrected chi connectivity index (χ0v) is 15.4. The first-order valence-electron chi connectivity index (χ1n) is 9.30. The molecule has 2 amide bonds. The van der Waals surface area contributed by atoms with E-state index in [0.717, 1.165) is 18.0 Å². The van der Waals surface area contributed by atoms with Crippen LogP contribution in [-0.4, -0.2) is 25.4 Å². The van der Waals surface area contributed by atoms with Gasteiger partial charge in [-0.2, -0.15) is 5.10 Å². The Hall–Kier alpha value is -3.09. The molecule has 2 aromatic heterocycles. The molecule has 1 aromatic carbocycles. The quantitative estimate of drug-likeness (QED) is 0.674. The van der Waals surface area contributed by atoms with Crippen molar-refractivity contribution in [2.45, 2.75) is 38.9 Å². The molecular formula is C20H24N6O. The third-order valence-corrected chi connectivity index (χ3v) is 4.95. The molecule has 1 atom stereocenters. The van der Waals surface area contributed by atoms with Gasteiger partial charge >= 0.3 is 6.03 Å². The molecule has 140 valence electrons. The summed E-state index contributed by atoms with van der Waals surface area (Å²) in [6, 6.07) is 8.34. The predicted molar refractivity (Wildman–Crippen MR) is 103 cm³/mol. The lowest BCUT2D eigenvalue weighted by Gasteiger charge is -2.10. The summed E-state index contributed by atoms with van der Waals surface area (Å²) in [6.07, 6.45) is 11.6. The molecule has 0 radical (unpaired) electrons. The van der Waals surface area contributed by atoms with E-state index in [1.54, 1.807) is 18.7 Å². The van der Waals surface area contributed by atoms with E-state index >= 15 is 0 Å². The highest BCUT2D eigenvalue weighted by atomic mass is 16.2. The maximum atomic E-state index is 12.2. The van der Waals surface area contributed by atoms with Crippen molar-refractivity contribution < 1.29 is 4.79 Å². The average molecular weight is 364 g/mol. The molecule has 0 bridgehead atoms. The number of carbonyl (C=O) groups is 1. The molecule has 1 unspecified atom stereocenters. The van der Waals surface area contributed by atoms with Crippen LogP contribution in [0.4, 0.5) is 10.5 Å². The van der Waals surface area contributed by atoms with Crippen LogP contribution in [0.2, 0.25) is 0 Å². The van der Waals surface area contributed by atoms with Gasteiger partial charge in [0.15, 0.2) is 0 Å². The smallest absolute Gasteiger partial charge is 0.319 e. The molecule has 7 nitrogen and oxygen atoms in total. The first-order valence-corrected chi connectivity index (χ1v) is 9.30. The molecule has 0 aliphatic heterocycles. The van der Waals surface area contributed by atoms with E-state index in [2.05, 4.69) is 39.8 Å². The summed E-state index contributed by atoms with van der Waals surface area (Å²) < 4.78 is 3.95. The van der Waals surface area contributed by atoms with Crippen molar-refractivity contribution in [2.75, 3.05) is 5.32 Å². The highest BCUT2D eigenvalue weighted by Gasteiger charge is 2.29. The van der Waals surface area contributed by atoms with Gasteiger partial charge in [-0.05, 0) is 36.8 Å². The molecule has 27 heavy (non-hydrogen) atoms. The van der Waals surface area contributed by atoms with Gasteiger partial charge < -0.3 is 15.2 Å². The van der Waals surface area contributed by atoms with E-state index < -0.39 is 0 Å². The third kappa shape index (κ3) is 4.55. The molecule has 0 saturated heterocycles. The number of anilines is 1. The van der Waals surface area contributed by atoms with Crippen molar-refractivity contribution in [3.8, 4) is 0 Å². The standard InChI is InChI=1S/C20H24N6O/c1-15(18-5-6-18)26-13-19(11-23-26)24-20(27)22-10-16-3-2-4-17(9-16)12-25-8-7-21-14-25/h2-4,7-9,11,13-15,18H,5-6,10,12H2,1H3,(H2,22,24,27). The van der Waals surface area contributed by atoms with E-state index in [-0.39, 0.29) is 6.03 Å². The van der Waals surface area contributed by atoms with Crippen molar-refractivity contribution >= 4 is 11.7 Å². The zero-order valence-electron chi connectivity index (χ0n) is 15.4. The second-order valence-electron chi connectivity index (χ2n) is 7.15. The minimum absolute atomic E-state index is 0.228. The van der Waals surface area contributed by atoms with Crippen LogP contribution in [0.1, 0.15) is 36.9 Å². The summed E-state index contributed by atoms with van der Waals surface area (Å²) in [5.74, 6) is 0.723. The third-order valence-electron chi connectivity index (χ3n) is 4.95. The summed E-state index contributed by atoms with van der Waals surface area (Å²) in [5.41, 5.74) is 2.94. The topological polar surface area (TPSA) is 76.8 Å². The number of benzene rings is 1. The van der Waals surface area contributed by atoms with Gasteiger partial charge in [-0.1, -0.05) is 24.3 Å². The lowest BCUT2D eigenvalue weighted by atomic mass is 10.1. The number of imidazole rings is 1. The van der Waals surface area contributed by atoms with Crippen molar-refractivity contribution in [3.63, 3.8) is 0 Å². The molecule has 7 heteroatoms. The Labute approximate surface area is 158 Å². The van der Waals surface area contributed by atoms with Crippen molar-refractivity contribution in [3.05, 3.63) is 66.5 Å². The summed E-state index contributed by atoms with van der Waals surface area (Å²) in [7, 11) is 0. The lowest BCUT2D eigenvalue weighted by molar-refractivity contribution is 0.251. The summed E-state index contributed by atoms with van der Waals surface area (Å²) >= 11 is 0. The minimum atomic E-state index is -0.228. The molecular weight excluding hydrogens is 340 g/mol. The van der Waals surface area contributed by atoms with Gasteiger partial charge in [0.2, 0.25) is 0 Å². The van der Waals surface area contributed by atoms with Gasteiger partial charge in [0.05, 0.1) is 24.3 Å². The Bertz CT molecular complexity index is 897. The average Bonchev–Trinajstić information content (AvgIpc) is 3.20. The summed E-state index contributed by atoms with van der Waals surface area (Å²) in [5, 5.41) is 10.1. The van der Waals surface area contributed by atoms with Crippen LogP contribution < -0.4 is 10.6 Å². The number of nitrogens with zero attached hydrogens (tertiary/aromatic N) is 4. The van der Waals surface area contributed by atoms with Crippen LogP contribution in [-0.2, 0) is 13.1 Å². The minimum Gasteiger partial charge on any atom is -0.334 e. The molecule has 1 aliphatic rings. The molecule has 0 spiro atoms. The summed E-state index contributed by atoms with van der Waals surface area (Å²) in [6.45, 7) is 3.40. The van der Waals surface area contributed by atoms with E-state index in [0.29, 0.717) is 18.3 Å². The number of carbonyl (C=O) groups excluding carboxylic acids is 1. The Morgan fingerprint density at radius 3 is 2.96 bits per heavy atom. The number of nitrogens with one attached hydrogen (secondary N) is 2. The van der Waals surface area contributed by atoms with E-state index in [4.69, 9.17) is 0 Å². The number of aromatic nitrogens is 4. The van der Waals surface area contributed by atoms with Crippen LogP contribution in [0.25, 0.3) is 0 Å². The molecule has 2 heterocycles. The highest BCUT2D eigenvalue weighted by Crippen LogP contribution is 2.39. The van der Waals surface area contributed by atoms with Gasteiger partial charge in [0.1, 0.15) is 0 Å². The predicted octanol–water partition coefficient (Wildman–Crippen LogP) is 3.42. The fourth-order valence-electron chi connectivity index (χ4n) is 3.21. The largest absolute Gasteiger partial charge is 0.334 e. The Balaban J connectivity index is 1.29. The normalized spacial score (nSPS) is 14.7. The van der Waals surface area contributed by atoms with Gasteiger partial charge in [0, 0.05) is 31.7 Å². The Morgan fingerprint density at radius 2 is 2.19 bits per heavy atom. The monoisotopic (exact) mass is 364 g/mol. The highest BCUT2D eigenvalue weighted by molar-refractivity contribution is 5.88. The molecule has 3 aromatic rings. The number of urea groups is 1. The fraction of sp³-hybridized carbons (Fsp3) is 0.350. The summed E-state index contributed by atoms with van der Waals surface area (Å²) in [4.78, 5) is 16.2. The number of rotatable bonds is 7. The van der Waals surface area contributed by atoms with Crippen LogP contribution in [0.5, 0.6) is 0 Å². The Kier molecular flexibility index (Phi) is 4.91. The number of hydrogen-bond acceptors (Lipinski definition) is 3. The van der Waals surface area contributed by atoms with Crippen molar-refractivity contribution in [2.24, 2.45) is 5.92 Å². The van der Waals surface area contributed by atoms with Crippen LogP contribution in [0, 0.1) is 5.92 Å². The fourth-order valence-corrected chi connectivity index (χ4v) is 3.21. The maximum Gasteiger partial charge on any atom is 0.319 e. The van der Waals surface area contributed by atoms with Gasteiger partial charge in [-0.3, -0.25) is 4.68 Å². The SMILES string of the molecule is CC(C1CC1)n1cc(NC(=O)NCc2cccc(Cn3ccnc3)c2)cn1. The first-order chi connectivity index (χ1) is 13.2. The number of hydrogen-bond donors (Lipinski definition) is 2. The molecule has 4 rings (SSSR count). The van der Waals surface area contributed by atoms with Gasteiger partial charge in [0.25, 0.3) is 0 Å². The molecule has 1 saturated carbocycles. The first kappa shape index (κ1) is 17.3. The number of amides is 2. The van der Waals surface area contributed by atoms with Gasteiger partial charge in [-0.15, -0.1) is 0 Å². The Morgan fingerprint density at radius 1 is 1.33 bits per heavy atom.